The largest absolute Gasteiger partial charge is 0.493 e. The van der Waals surface area contributed by atoms with Crippen molar-refractivity contribution in [3.8, 4) is 28.0 Å². The maximum Gasteiger partial charge on any atom is 0.251 e. The number of ether oxygens (including phenoxy) is 3. The van der Waals surface area contributed by atoms with Crippen LogP contribution in [0.25, 0.3) is 10.7 Å². The number of carbonyl (C=O) groups is 2. The molecule has 31 heavy (non-hydrogen) atoms. The SMILES string of the molecule is COc1cc(C(=O)NCC(=O)NCc2csc(-c3ccccn3)n2)cc(OC)c1OC. The van der Waals surface area contributed by atoms with Gasteiger partial charge in [-0.05, 0) is 24.3 Å². The van der Waals surface area contributed by atoms with Crippen LogP contribution in [0.15, 0.2) is 41.9 Å². The molecule has 3 rings (SSSR count). The van der Waals surface area contributed by atoms with Crippen molar-refractivity contribution < 1.29 is 23.8 Å². The van der Waals surface area contributed by atoms with E-state index in [4.69, 9.17) is 14.2 Å². The van der Waals surface area contributed by atoms with E-state index in [9.17, 15) is 9.59 Å². The molecule has 0 bridgehead atoms. The highest BCUT2D eigenvalue weighted by Gasteiger charge is 2.17. The second kappa shape index (κ2) is 10.4. The van der Waals surface area contributed by atoms with E-state index in [1.807, 2.05) is 23.6 Å². The highest BCUT2D eigenvalue weighted by atomic mass is 32.1. The molecule has 3 aromatic rings. The topological polar surface area (TPSA) is 112 Å². The summed E-state index contributed by atoms with van der Waals surface area (Å²) in [7, 11) is 4.40. The van der Waals surface area contributed by atoms with Gasteiger partial charge in [0.2, 0.25) is 11.7 Å². The van der Waals surface area contributed by atoms with Gasteiger partial charge in [0, 0.05) is 17.1 Å². The fourth-order valence-corrected chi connectivity index (χ4v) is 3.52. The fourth-order valence-electron chi connectivity index (χ4n) is 2.72. The number of hydrogen-bond acceptors (Lipinski definition) is 8. The molecule has 2 amide bonds. The van der Waals surface area contributed by atoms with Gasteiger partial charge in [0.1, 0.15) is 5.01 Å². The molecule has 0 unspecified atom stereocenters. The van der Waals surface area contributed by atoms with Crippen LogP contribution in [0.5, 0.6) is 17.2 Å². The van der Waals surface area contributed by atoms with E-state index in [1.54, 1.807) is 6.20 Å². The van der Waals surface area contributed by atoms with Crippen molar-refractivity contribution in [3.63, 3.8) is 0 Å². The molecule has 2 aromatic heterocycles. The number of rotatable bonds is 9. The third-order valence-electron chi connectivity index (χ3n) is 4.24. The summed E-state index contributed by atoms with van der Waals surface area (Å²) in [4.78, 5) is 33.3. The predicted molar refractivity (Wildman–Crippen MR) is 116 cm³/mol. The van der Waals surface area contributed by atoms with Crippen molar-refractivity contribution in [2.24, 2.45) is 0 Å². The molecule has 0 aliphatic heterocycles. The summed E-state index contributed by atoms with van der Waals surface area (Å²) in [5.74, 6) is 0.300. The molecule has 0 saturated carbocycles. The first-order valence-corrected chi connectivity index (χ1v) is 10.1. The molecular weight excluding hydrogens is 420 g/mol. The van der Waals surface area contributed by atoms with Crippen molar-refractivity contribution in [2.45, 2.75) is 6.54 Å². The van der Waals surface area contributed by atoms with Crippen molar-refractivity contribution in [1.29, 1.82) is 0 Å². The number of pyridine rings is 1. The fraction of sp³-hybridized carbons (Fsp3) is 0.238. The van der Waals surface area contributed by atoms with Crippen LogP contribution in [-0.4, -0.2) is 49.7 Å². The number of nitrogens with one attached hydrogen (secondary N) is 2. The van der Waals surface area contributed by atoms with E-state index in [0.717, 1.165) is 16.4 Å². The van der Waals surface area contributed by atoms with E-state index in [1.165, 1.54) is 44.8 Å². The minimum absolute atomic E-state index is 0.188. The standard InChI is InChI=1S/C21H22N4O5S/c1-28-16-8-13(9-17(29-2)19(16)30-3)20(27)24-11-18(26)23-10-14-12-31-21(25-14)15-6-4-5-7-22-15/h4-9,12H,10-11H2,1-3H3,(H,23,26)(H,24,27). The summed E-state index contributed by atoms with van der Waals surface area (Å²) < 4.78 is 15.7. The normalized spacial score (nSPS) is 10.3. The first-order valence-electron chi connectivity index (χ1n) is 9.26. The van der Waals surface area contributed by atoms with Gasteiger partial charge in [0.05, 0.1) is 45.8 Å². The Morgan fingerprint density at radius 3 is 2.39 bits per heavy atom. The lowest BCUT2D eigenvalue weighted by Gasteiger charge is -2.14. The van der Waals surface area contributed by atoms with Gasteiger partial charge in [0.25, 0.3) is 5.91 Å². The van der Waals surface area contributed by atoms with E-state index in [-0.39, 0.29) is 24.6 Å². The van der Waals surface area contributed by atoms with Gasteiger partial charge in [-0.2, -0.15) is 0 Å². The third-order valence-corrected chi connectivity index (χ3v) is 5.15. The molecule has 1 aromatic carbocycles. The number of thiazole rings is 1. The second-order valence-electron chi connectivity index (χ2n) is 6.23. The number of hydrogen-bond donors (Lipinski definition) is 2. The molecule has 0 saturated heterocycles. The summed E-state index contributed by atoms with van der Waals surface area (Å²) in [5.41, 5.74) is 1.78. The van der Waals surface area contributed by atoms with Crippen molar-refractivity contribution in [1.82, 2.24) is 20.6 Å². The number of nitrogens with zero attached hydrogens (tertiary/aromatic N) is 2. The molecule has 0 spiro atoms. The minimum atomic E-state index is -0.444. The Morgan fingerprint density at radius 2 is 1.77 bits per heavy atom. The van der Waals surface area contributed by atoms with Crippen LogP contribution in [0.1, 0.15) is 16.1 Å². The Labute approximate surface area is 183 Å². The van der Waals surface area contributed by atoms with Crippen LogP contribution in [0.3, 0.4) is 0 Å². The van der Waals surface area contributed by atoms with Crippen molar-refractivity contribution in [2.75, 3.05) is 27.9 Å². The lowest BCUT2D eigenvalue weighted by atomic mass is 10.1. The van der Waals surface area contributed by atoms with Gasteiger partial charge in [-0.25, -0.2) is 4.98 Å². The molecule has 162 valence electrons. The third kappa shape index (κ3) is 5.48. The average molecular weight is 442 g/mol. The lowest BCUT2D eigenvalue weighted by molar-refractivity contribution is -0.120. The summed E-state index contributed by atoms with van der Waals surface area (Å²) in [5, 5.41) is 7.95. The van der Waals surface area contributed by atoms with Crippen molar-refractivity contribution >= 4 is 23.2 Å². The zero-order chi connectivity index (χ0) is 22.2. The minimum Gasteiger partial charge on any atom is -0.493 e. The monoisotopic (exact) mass is 442 g/mol. The highest BCUT2D eigenvalue weighted by molar-refractivity contribution is 7.13. The van der Waals surface area contributed by atoms with Gasteiger partial charge in [-0.3, -0.25) is 14.6 Å². The Bertz CT molecular complexity index is 1030. The molecule has 0 fully saturated rings. The van der Waals surface area contributed by atoms with Crippen LogP contribution in [0, 0.1) is 0 Å². The van der Waals surface area contributed by atoms with Gasteiger partial charge in [-0.15, -0.1) is 11.3 Å². The van der Waals surface area contributed by atoms with Gasteiger partial charge in [0.15, 0.2) is 11.5 Å². The quantitative estimate of drug-likeness (QED) is 0.523. The predicted octanol–water partition coefficient (Wildman–Crippen LogP) is 2.28. The maximum atomic E-state index is 12.5. The van der Waals surface area contributed by atoms with E-state index in [2.05, 4.69) is 20.6 Å². The van der Waals surface area contributed by atoms with Crippen molar-refractivity contribution in [3.05, 3.63) is 53.2 Å². The summed E-state index contributed by atoms with van der Waals surface area (Å²) >= 11 is 1.45. The zero-order valence-electron chi connectivity index (χ0n) is 17.3. The zero-order valence-corrected chi connectivity index (χ0v) is 18.1. The Morgan fingerprint density at radius 1 is 1.03 bits per heavy atom. The molecule has 2 N–H and O–H groups in total. The smallest absolute Gasteiger partial charge is 0.251 e. The molecule has 0 atom stereocenters. The van der Waals surface area contributed by atoms with Crippen LogP contribution in [0.4, 0.5) is 0 Å². The Kier molecular flexibility index (Phi) is 7.39. The van der Waals surface area contributed by atoms with Gasteiger partial charge >= 0.3 is 0 Å². The first kappa shape index (κ1) is 22.0. The van der Waals surface area contributed by atoms with Crippen LogP contribution in [-0.2, 0) is 11.3 Å². The van der Waals surface area contributed by atoms with Crippen LogP contribution < -0.4 is 24.8 Å². The maximum absolute atomic E-state index is 12.5. The summed E-state index contributed by atoms with van der Waals surface area (Å²) in [6.07, 6.45) is 1.70. The molecule has 2 heterocycles. The Balaban J connectivity index is 1.54. The van der Waals surface area contributed by atoms with E-state index >= 15 is 0 Å². The summed E-state index contributed by atoms with van der Waals surface area (Å²) in [6, 6.07) is 8.64. The number of methoxy groups -OCH3 is 3. The number of carbonyl (C=O) groups excluding carboxylic acids is 2. The second-order valence-corrected chi connectivity index (χ2v) is 7.09. The first-order chi connectivity index (χ1) is 15.0. The van der Waals surface area contributed by atoms with Gasteiger partial charge in [-0.1, -0.05) is 6.07 Å². The Hall–Kier alpha value is -3.66. The number of aromatic nitrogens is 2. The van der Waals surface area contributed by atoms with Crippen LogP contribution >= 0.6 is 11.3 Å². The van der Waals surface area contributed by atoms with E-state index in [0.29, 0.717) is 17.2 Å². The highest BCUT2D eigenvalue weighted by Crippen LogP contribution is 2.38. The summed E-state index contributed by atoms with van der Waals surface area (Å²) in [6.45, 7) is 0.0644. The molecule has 10 heteroatoms. The number of benzene rings is 1. The van der Waals surface area contributed by atoms with Gasteiger partial charge < -0.3 is 24.8 Å². The van der Waals surface area contributed by atoms with E-state index < -0.39 is 5.91 Å². The molecule has 0 aliphatic carbocycles. The molecule has 9 nitrogen and oxygen atoms in total. The molecule has 0 radical (unpaired) electrons. The van der Waals surface area contributed by atoms with Crippen LogP contribution in [0.2, 0.25) is 0 Å². The molecule has 0 aliphatic rings. The number of amides is 2. The average Bonchev–Trinajstić information content (AvgIpc) is 3.29. The lowest BCUT2D eigenvalue weighted by Crippen LogP contribution is -2.36. The molecular formula is C21H22N4O5S.